The van der Waals surface area contributed by atoms with Crippen molar-refractivity contribution in [3.05, 3.63) is 0 Å². The Bertz CT molecular complexity index is 368. The first-order valence-corrected chi connectivity index (χ1v) is 7.84. The van der Waals surface area contributed by atoms with E-state index < -0.39 is 5.54 Å². The van der Waals surface area contributed by atoms with Crippen molar-refractivity contribution in [3.63, 3.8) is 0 Å². The number of rotatable bonds is 1. The topological polar surface area (TPSA) is 58.2 Å². The lowest BCUT2D eigenvalue weighted by Gasteiger charge is -2.44. The van der Waals surface area contributed by atoms with Crippen LogP contribution in [0.1, 0.15) is 64.2 Å². The summed E-state index contributed by atoms with van der Waals surface area (Å²) in [6.45, 7) is 0. The van der Waals surface area contributed by atoms with E-state index in [4.69, 9.17) is 0 Å². The van der Waals surface area contributed by atoms with Gasteiger partial charge in [-0.3, -0.25) is 9.59 Å². The molecule has 0 aromatic heterocycles. The average Bonchev–Trinajstić information content (AvgIpc) is 2.45. The summed E-state index contributed by atoms with van der Waals surface area (Å²) in [5, 5.41) is 6.12. The molecule has 2 amide bonds. The van der Waals surface area contributed by atoms with Crippen LogP contribution < -0.4 is 10.6 Å². The van der Waals surface area contributed by atoms with Crippen molar-refractivity contribution in [2.75, 3.05) is 0 Å². The zero-order valence-electron chi connectivity index (χ0n) is 11.5. The standard InChI is InChI=1S/C15H24N2O2/c18-13-12(11-7-3-1-4-8-11)16-14(19)15(17-13)9-5-2-6-10-15/h11-12H,1-10H2,(H,16,19)(H,17,18). The van der Waals surface area contributed by atoms with Crippen LogP contribution in [-0.2, 0) is 9.59 Å². The molecule has 1 heterocycles. The minimum absolute atomic E-state index is 0.0633. The molecule has 2 saturated carbocycles. The van der Waals surface area contributed by atoms with E-state index in [9.17, 15) is 9.59 Å². The van der Waals surface area contributed by atoms with Gasteiger partial charge >= 0.3 is 0 Å². The maximum atomic E-state index is 12.4. The molecule has 0 radical (unpaired) electrons. The van der Waals surface area contributed by atoms with Gasteiger partial charge in [-0.15, -0.1) is 0 Å². The van der Waals surface area contributed by atoms with E-state index in [2.05, 4.69) is 10.6 Å². The molecule has 1 aliphatic heterocycles. The first kappa shape index (κ1) is 12.9. The molecule has 3 fully saturated rings. The third kappa shape index (κ3) is 2.37. The first-order valence-electron chi connectivity index (χ1n) is 7.84. The Morgan fingerprint density at radius 1 is 0.895 bits per heavy atom. The Labute approximate surface area is 114 Å². The number of hydrogen-bond acceptors (Lipinski definition) is 2. The van der Waals surface area contributed by atoms with Crippen LogP contribution in [0.4, 0.5) is 0 Å². The van der Waals surface area contributed by atoms with Crippen LogP contribution in [0.15, 0.2) is 0 Å². The number of nitrogens with one attached hydrogen (secondary N) is 2. The van der Waals surface area contributed by atoms with E-state index in [0.717, 1.165) is 38.5 Å². The fourth-order valence-corrected chi connectivity index (χ4v) is 4.02. The van der Waals surface area contributed by atoms with Crippen LogP contribution in [0.3, 0.4) is 0 Å². The van der Waals surface area contributed by atoms with E-state index >= 15 is 0 Å². The molecule has 3 aliphatic rings. The van der Waals surface area contributed by atoms with Gasteiger partial charge in [0.1, 0.15) is 11.6 Å². The fraction of sp³-hybridized carbons (Fsp3) is 0.867. The van der Waals surface area contributed by atoms with Crippen LogP contribution in [0.25, 0.3) is 0 Å². The van der Waals surface area contributed by atoms with Crippen LogP contribution in [0.2, 0.25) is 0 Å². The number of carbonyl (C=O) groups is 2. The highest BCUT2D eigenvalue weighted by Gasteiger charge is 2.48. The van der Waals surface area contributed by atoms with Gasteiger partial charge in [0.05, 0.1) is 0 Å². The van der Waals surface area contributed by atoms with Gasteiger partial charge in [-0.2, -0.15) is 0 Å². The maximum absolute atomic E-state index is 12.4. The Morgan fingerprint density at radius 2 is 1.53 bits per heavy atom. The summed E-state index contributed by atoms with van der Waals surface area (Å²) >= 11 is 0. The molecule has 106 valence electrons. The monoisotopic (exact) mass is 264 g/mol. The Kier molecular flexibility index (Phi) is 3.50. The quantitative estimate of drug-likeness (QED) is 0.760. The molecule has 1 spiro atoms. The van der Waals surface area contributed by atoms with Crippen molar-refractivity contribution in [2.24, 2.45) is 5.92 Å². The zero-order chi connectivity index (χ0) is 13.3. The van der Waals surface area contributed by atoms with Crippen molar-refractivity contribution < 1.29 is 9.59 Å². The summed E-state index contributed by atoms with van der Waals surface area (Å²) in [6, 6.07) is -0.277. The first-order chi connectivity index (χ1) is 9.21. The zero-order valence-corrected chi connectivity index (χ0v) is 11.5. The minimum atomic E-state index is -0.583. The molecule has 3 rings (SSSR count). The molecule has 4 nitrogen and oxygen atoms in total. The Morgan fingerprint density at radius 3 is 2.21 bits per heavy atom. The smallest absolute Gasteiger partial charge is 0.246 e. The normalized spacial score (nSPS) is 31.9. The second-order valence-corrected chi connectivity index (χ2v) is 6.48. The van der Waals surface area contributed by atoms with E-state index in [1.165, 1.54) is 25.7 Å². The molecule has 1 atom stereocenters. The van der Waals surface area contributed by atoms with Gasteiger partial charge in [0, 0.05) is 0 Å². The molecule has 0 bridgehead atoms. The molecular weight excluding hydrogens is 240 g/mol. The highest BCUT2D eigenvalue weighted by atomic mass is 16.2. The third-order valence-corrected chi connectivity index (χ3v) is 5.19. The molecular formula is C15H24N2O2. The van der Waals surface area contributed by atoms with Crippen LogP contribution in [0.5, 0.6) is 0 Å². The van der Waals surface area contributed by atoms with Crippen molar-refractivity contribution in [1.29, 1.82) is 0 Å². The average molecular weight is 264 g/mol. The predicted molar refractivity (Wildman–Crippen MR) is 72.5 cm³/mol. The van der Waals surface area contributed by atoms with Crippen molar-refractivity contribution in [1.82, 2.24) is 10.6 Å². The summed E-state index contributed by atoms with van der Waals surface area (Å²) in [5.74, 6) is 0.481. The number of carbonyl (C=O) groups excluding carboxylic acids is 2. The largest absolute Gasteiger partial charge is 0.342 e. The summed E-state index contributed by atoms with van der Waals surface area (Å²) < 4.78 is 0. The number of hydrogen-bond donors (Lipinski definition) is 2. The lowest BCUT2D eigenvalue weighted by atomic mass is 9.76. The second kappa shape index (κ2) is 5.14. The van der Waals surface area contributed by atoms with E-state index in [-0.39, 0.29) is 17.9 Å². The fourth-order valence-electron chi connectivity index (χ4n) is 4.02. The molecule has 2 aliphatic carbocycles. The molecule has 2 N–H and O–H groups in total. The molecule has 0 aromatic carbocycles. The molecule has 4 heteroatoms. The summed E-state index contributed by atoms with van der Waals surface area (Å²) in [6.07, 6.45) is 10.7. The molecule has 1 unspecified atom stereocenters. The van der Waals surface area contributed by atoms with Crippen LogP contribution in [0, 0.1) is 5.92 Å². The summed E-state index contributed by atoms with van der Waals surface area (Å²) in [5.41, 5.74) is -0.583. The SMILES string of the molecule is O=C1NC2(CCCCC2)C(=O)NC1C1CCCCC1. The molecule has 0 aromatic rings. The molecule has 19 heavy (non-hydrogen) atoms. The van der Waals surface area contributed by atoms with Gasteiger partial charge in [0.15, 0.2) is 0 Å². The second-order valence-electron chi connectivity index (χ2n) is 6.48. The van der Waals surface area contributed by atoms with Crippen LogP contribution >= 0.6 is 0 Å². The lowest BCUT2D eigenvalue weighted by Crippen LogP contribution is -2.71. The van der Waals surface area contributed by atoms with Gasteiger partial charge in [0.2, 0.25) is 11.8 Å². The number of piperazine rings is 1. The van der Waals surface area contributed by atoms with Gasteiger partial charge in [-0.1, -0.05) is 38.5 Å². The Hall–Kier alpha value is -1.06. The molecule has 1 saturated heterocycles. The lowest BCUT2D eigenvalue weighted by molar-refractivity contribution is -0.144. The van der Waals surface area contributed by atoms with E-state index in [1.54, 1.807) is 0 Å². The predicted octanol–water partition coefficient (Wildman–Crippen LogP) is 1.88. The van der Waals surface area contributed by atoms with Gasteiger partial charge < -0.3 is 10.6 Å². The summed E-state index contributed by atoms with van der Waals surface area (Å²) in [4.78, 5) is 24.8. The van der Waals surface area contributed by atoms with Crippen molar-refractivity contribution >= 4 is 11.8 Å². The van der Waals surface area contributed by atoms with Crippen LogP contribution in [-0.4, -0.2) is 23.4 Å². The maximum Gasteiger partial charge on any atom is 0.246 e. The van der Waals surface area contributed by atoms with Crippen molar-refractivity contribution in [2.45, 2.75) is 75.8 Å². The highest BCUT2D eigenvalue weighted by molar-refractivity contribution is 6.00. The third-order valence-electron chi connectivity index (χ3n) is 5.19. The van der Waals surface area contributed by atoms with E-state index in [0.29, 0.717) is 5.92 Å². The van der Waals surface area contributed by atoms with E-state index in [1.807, 2.05) is 0 Å². The number of amides is 2. The minimum Gasteiger partial charge on any atom is -0.342 e. The summed E-state index contributed by atoms with van der Waals surface area (Å²) in [7, 11) is 0. The Balaban J connectivity index is 1.71. The van der Waals surface area contributed by atoms with Crippen molar-refractivity contribution in [3.8, 4) is 0 Å². The van der Waals surface area contributed by atoms with Gasteiger partial charge in [-0.05, 0) is 31.6 Å². The highest BCUT2D eigenvalue weighted by Crippen LogP contribution is 2.33. The van der Waals surface area contributed by atoms with Gasteiger partial charge in [0.25, 0.3) is 0 Å². The van der Waals surface area contributed by atoms with Gasteiger partial charge in [-0.25, -0.2) is 0 Å².